The fraction of sp³-hybridized carbons (Fsp3) is 0.684. The number of rotatable bonds is 7. The summed E-state index contributed by atoms with van der Waals surface area (Å²) in [4.78, 5) is 0. The van der Waals surface area contributed by atoms with Gasteiger partial charge >= 0.3 is 0 Å². The highest BCUT2D eigenvalue weighted by atomic mass is 16.5. The summed E-state index contributed by atoms with van der Waals surface area (Å²) in [7, 11) is 0. The van der Waals surface area contributed by atoms with Crippen molar-refractivity contribution in [3.05, 3.63) is 29.8 Å². The van der Waals surface area contributed by atoms with Crippen molar-refractivity contribution in [2.24, 2.45) is 5.92 Å². The predicted octanol–water partition coefficient (Wildman–Crippen LogP) is 5.09. The van der Waals surface area contributed by atoms with Gasteiger partial charge < -0.3 is 10.1 Å². The molecule has 1 aromatic rings. The average Bonchev–Trinajstić information content (AvgIpc) is 2.54. The first-order valence-corrected chi connectivity index (χ1v) is 8.69. The van der Waals surface area contributed by atoms with Crippen LogP contribution < -0.4 is 10.1 Å². The van der Waals surface area contributed by atoms with E-state index in [-0.39, 0.29) is 6.10 Å². The fourth-order valence-corrected chi connectivity index (χ4v) is 3.00. The Morgan fingerprint density at radius 2 is 1.76 bits per heavy atom. The van der Waals surface area contributed by atoms with Gasteiger partial charge in [0.2, 0.25) is 0 Å². The second kappa shape index (κ2) is 8.43. The molecular weight excluding hydrogens is 258 g/mol. The summed E-state index contributed by atoms with van der Waals surface area (Å²) in [5, 5.41) is 3.70. The number of hydrogen-bond donors (Lipinski definition) is 1. The molecule has 0 spiro atoms. The smallest absolute Gasteiger partial charge is 0.119 e. The third-order valence-corrected chi connectivity index (χ3v) is 4.73. The van der Waals surface area contributed by atoms with E-state index in [1.165, 1.54) is 37.7 Å². The standard InChI is InChI=1S/C19H31NO/c1-4-15(2)21-19-12-10-18(11-13-19)16(3)20-14-17-8-6-5-7-9-17/h10-13,15-17,20H,4-9,14H2,1-3H3. The van der Waals surface area contributed by atoms with Crippen molar-refractivity contribution in [1.82, 2.24) is 5.32 Å². The molecule has 1 saturated carbocycles. The van der Waals surface area contributed by atoms with Gasteiger partial charge in [-0.3, -0.25) is 0 Å². The summed E-state index contributed by atoms with van der Waals surface area (Å²) in [5.74, 6) is 1.86. The van der Waals surface area contributed by atoms with E-state index in [2.05, 4.69) is 50.4 Å². The molecule has 0 heterocycles. The molecule has 0 bridgehead atoms. The van der Waals surface area contributed by atoms with Crippen molar-refractivity contribution in [3.63, 3.8) is 0 Å². The van der Waals surface area contributed by atoms with Crippen molar-refractivity contribution in [2.75, 3.05) is 6.54 Å². The lowest BCUT2D eigenvalue weighted by Gasteiger charge is -2.24. The van der Waals surface area contributed by atoms with Gasteiger partial charge in [0.25, 0.3) is 0 Å². The summed E-state index contributed by atoms with van der Waals surface area (Å²) in [6.45, 7) is 7.68. The zero-order valence-corrected chi connectivity index (χ0v) is 13.9. The molecular formula is C19H31NO. The number of ether oxygens (including phenoxy) is 1. The highest BCUT2D eigenvalue weighted by Gasteiger charge is 2.14. The maximum atomic E-state index is 5.83. The van der Waals surface area contributed by atoms with Gasteiger partial charge in [-0.1, -0.05) is 38.3 Å². The van der Waals surface area contributed by atoms with E-state index < -0.39 is 0 Å². The number of benzene rings is 1. The van der Waals surface area contributed by atoms with E-state index in [1.807, 2.05) is 0 Å². The van der Waals surface area contributed by atoms with Gasteiger partial charge in [-0.2, -0.15) is 0 Å². The minimum Gasteiger partial charge on any atom is -0.491 e. The van der Waals surface area contributed by atoms with Crippen LogP contribution in [0.4, 0.5) is 0 Å². The Balaban J connectivity index is 1.80. The van der Waals surface area contributed by atoms with Gasteiger partial charge in [0.15, 0.2) is 0 Å². The first-order valence-electron chi connectivity index (χ1n) is 8.69. The lowest BCUT2D eigenvalue weighted by molar-refractivity contribution is 0.217. The Kier molecular flexibility index (Phi) is 6.56. The van der Waals surface area contributed by atoms with Crippen molar-refractivity contribution < 1.29 is 4.74 Å². The molecule has 21 heavy (non-hydrogen) atoms. The highest BCUT2D eigenvalue weighted by Crippen LogP contribution is 2.24. The molecule has 1 aliphatic rings. The summed E-state index contributed by atoms with van der Waals surface area (Å²) < 4.78 is 5.83. The van der Waals surface area contributed by atoms with Crippen LogP contribution in [0.1, 0.15) is 70.9 Å². The quantitative estimate of drug-likeness (QED) is 0.754. The van der Waals surface area contributed by atoms with E-state index in [0.717, 1.165) is 24.6 Å². The second-order valence-electron chi connectivity index (χ2n) is 6.54. The highest BCUT2D eigenvalue weighted by molar-refractivity contribution is 5.29. The molecule has 2 unspecified atom stereocenters. The number of hydrogen-bond acceptors (Lipinski definition) is 2. The lowest BCUT2D eigenvalue weighted by atomic mass is 9.89. The summed E-state index contributed by atoms with van der Waals surface area (Å²) in [5.41, 5.74) is 1.35. The first-order chi connectivity index (χ1) is 10.2. The Morgan fingerprint density at radius 3 is 2.38 bits per heavy atom. The molecule has 1 aromatic carbocycles. The molecule has 0 aliphatic heterocycles. The maximum Gasteiger partial charge on any atom is 0.119 e. The molecule has 1 aliphatic carbocycles. The number of nitrogens with one attached hydrogen (secondary N) is 1. The van der Waals surface area contributed by atoms with Gasteiger partial charge in [0, 0.05) is 6.04 Å². The van der Waals surface area contributed by atoms with Crippen LogP contribution in [0.2, 0.25) is 0 Å². The topological polar surface area (TPSA) is 21.3 Å². The van der Waals surface area contributed by atoms with Crippen molar-refractivity contribution in [2.45, 2.75) is 71.4 Å². The van der Waals surface area contributed by atoms with E-state index in [1.54, 1.807) is 0 Å². The summed E-state index contributed by atoms with van der Waals surface area (Å²) in [6.07, 6.45) is 8.41. The van der Waals surface area contributed by atoms with Gasteiger partial charge in [-0.15, -0.1) is 0 Å². The zero-order valence-electron chi connectivity index (χ0n) is 13.9. The molecule has 0 amide bonds. The third kappa shape index (κ3) is 5.35. The normalized spacial score (nSPS) is 19.2. The van der Waals surface area contributed by atoms with Gasteiger partial charge in [0.05, 0.1) is 6.10 Å². The lowest BCUT2D eigenvalue weighted by Crippen LogP contribution is -2.27. The minimum absolute atomic E-state index is 0.290. The van der Waals surface area contributed by atoms with E-state index in [9.17, 15) is 0 Å². The Bertz CT molecular complexity index is 395. The van der Waals surface area contributed by atoms with Crippen LogP contribution in [0.25, 0.3) is 0 Å². The maximum absolute atomic E-state index is 5.83. The Morgan fingerprint density at radius 1 is 1.10 bits per heavy atom. The monoisotopic (exact) mass is 289 g/mol. The Hall–Kier alpha value is -1.02. The largest absolute Gasteiger partial charge is 0.491 e. The van der Waals surface area contributed by atoms with Crippen molar-refractivity contribution in [3.8, 4) is 5.75 Å². The van der Waals surface area contributed by atoms with Crippen LogP contribution in [0, 0.1) is 5.92 Å². The van der Waals surface area contributed by atoms with Gasteiger partial charge in [-0.05, 0) is 63.3 Å². The van der Waals surface area contributed by atoms with Crippen LogP contribution in [0.5, 0.6) is 5.75 Å². The Labute approximate surface area is 130 Å². The van der Waals surface area contributed by atoms with Crippen LogP contribution >= 0.6 is 0 Å². The molecule has 2 atom stereocenters. The van der Waals surface area contributed by atoms with E-state index >= 15 is 0 Å². The summed E-state index contributed by atoms with van der Waals surface area (Å²) in [6, 6.07) is 9.00. The second-order valence-corrected chi connectivity index (χ2v) is 6.54. The van der Waals surface area contributed by atoms with Gasteiger partial charge in [0.1, 0.15) is 5.75 Å². The molecule has 118 valence electrons. The van der Waals surface area contributed by atoms with Crippen LogP contribution in [0.3, 0.4) is 0 Å². The molecule has 1 fully saturated rings. The third-order valence-electron chi connectivity index (χ3n) is 4.73. The predicted molar refractivity (Wildman–Crippen MR) is 89.8 cm³/mol. The van der Waals surface area contributed by atoms with Crippen molar-refractivity contribution in [1.29, 1.82) is 0 Å². The molecule has 0 aromatic heterocycles. The molecule has 2 nitrogen and oxygen atoms in total. The molecule has 2 rings (SSSR count). The van der Waals surface area contributed by atoms with Crippen LogP contribution in [0.15, 0.2) is 24.3 Å². The minimum atomic E-state index is 0.290. The van der Waals surface area contributed by atoms with Crippen molar-refractivity contribution >= 4 is 0 Å². The molecule has 0 radical (unpaired) electrons. The molecule has 2 heteroatoms. The van der Waals surface area contributed by atoms with Crippen LogP contribution in [-0.2, 0) is 0 Å². The summed E-state index contributed by atoms with van der Waals surface area (Å²) >= 11 is 0. The first kappa shape index (κ1) is 16.4. The van der Waals surface area contributed by atoms with Crippen LogP contribution in [-0.4, -0.2) is 12.6 Å². The molecule has 1 N–H and O–H groups in total. The fourth-order valence-electron chi connectivity index (χ4n) is 3.00. The SMILES string of the molecule is CCC(C)Oc1ccc(C(C)NCC2CCCCC2)cc1. The van der Waals surface area contributed by atoms with Gasteiger partial charge in [-0.25, -0.2) is 0 Å². The zero-order chi connectivity index (χ0) is 15.1. The van der Waals surface area contributed by atoms with E-state index in [4.69, 9.17) is 4.74 Å². The molecule has 0 saturated heterocycles. The average molecular weight is 289 g/mol. The van der Waals surface area contributed by atoms with E-state index in [0.29, 0.717) is 6.04 Å².